The minimum atomic E-state index is -4.55. The van der Waals surface area contributed by atoms with Crippen LogP contribution in [0.15, 0.2) is 77.8 Å². The molecule has 1 fully saturated rings. The number of thioether (sulfide) groups is 1. The highest BCUT2D eigenvalue weighted by atomic mass is 35.5. The first-order valence-electron chi connectivity index (χ1n) is 13.6. The molecule has 222 valence electrons. The summed E-state index contributed by atoms with van der Waals surface area (Å²) in [5.74, 6) is -0.0917. The van der Waals surface area contributed by atoms with E-state index in [0.29, 0.717) is 23.1 Å². The summed E-state index contributed by atoms with van der Waals surface area (Å²) >= 11 is 7.02. The van der Waals surface area contributed by atoms with Gasteiger partial charge >= 0.3 is 6.18 Å². The van der Waals surface area contributed by atoms with Crippen LogP contribution in [0.2, 0.25) is 5.02 Å². The van der Waals surface area contributed by atoms with Gasteiger partial charge in [0.15, 0.2) is 5.17 Å². The van der Waals surface area contributed by atoms with E-state index >= 15 is 0 Å². The molecule has 1 atom stereocenters. The molecule has 3 aromatic carbocycles. The quantitative estimate of drug-likeness (QED) is 0.219. The highest BCUT2D eigenvalue weighted by Gasteiger charge is 2.36. The molecule has 1 saturated heterocycles. The number of hydrogen-bond donors (Lipinski definition) is 1. The molecule has 0 aliphatic carbocycles. The lowest BCUT2D eigenvalue weighted by atomic mass is 10.2. The number of nitrogens with zero attached hydrogens (tertiary/aromatic N) is 2. The second kappa shape index (κ2) is 14.6. The van der Waals surface area contributed by atoms with Gasteiger partial charge in [0.2, 0.25) is 11.8 Å². The number of unbranched alkanes of at least 4 members (excludes halogenated alkanes) is 3. The molecule has 0 radical (unpaired) electrons. The van der Waals surface area contributed by atoms with Crippen molar-refractivity contribution in [1.82, 2.24) is 4.90 Å². The van der Waals surface area contributed by atoms with E-state index in [-0.39, 0.29) is 29.7 Å². The van der Waals surface area contributed by atoms with Gasteiger partial charge in [0.05, 0.1) is 24.4 Å². The number of carbonyl (C=O) groups is 2. The average Bonchev–Trinajstić information content (AvgIpc) is 2.96. The number of benzene rings is 3. The van der Waals surface area contributed by atoms with Crippen molar-refractivity contribution in [2.24, 2.45) is 4.99 Å². The molecule has 1 heterocycles. The molecule has 1 unspecified atom stereocenters. The van der Waals surface area contributed by atoms with Gasteiger partial charge in [-0.2, -0.15) is 13.2 Å². The summed E-state index contributed by atoms with van der Waals surface area (Å²) in [4.78, 5) is 32.3. The van der Waals surface area contributed by atoms with Gasteiger partial charge in [-0.25, -0.2) is 4.99 Å². The van der Waals surface area contributed by atoms with Gasteiger partial charge in [0, 0.05) is 17.1 Å². The van der Waals surface area contributed by atoms with Crippen molar-refractivity contribution in [1.29, 1.82) is 0 Å². The second-order valence-electron chi connectivity index (χ2n) is 9.78. The van der Waals surface area contributed by atoms with Gasteiger partial charge in [-0.15, -0.1) is 0 Å². The summed E-state index contributed by atoms with van der Waals surface area (Å²) < 4.78 is 45.7. The van der Waals surface area contributed by atoms with Gasteiger partial charge in [-0.05, 0) is 66.6 Å². The van der Waals surface area contributed by atoms with Gasteiger partial charge in [0.25, 0.3) is 0 Å². The van der Waals surface area contributed by atoms with Gasteiger partial charge in [-0.1, -0.05) is 67.7 Å². The fourth-order valence-corrected chi connectivity index (χ4v) is 5.43. The Morgan fingerprint density at radius 2 is 1.81 bits per heavy atom. The van der Waals surface area contributed by atoms with Gasteiger partial charge < -0.3 is 10.1 Å². The maximum absolute atomic E-state index is 13.3. The largest absolute Gasteiger partial charge is 0.494 e. The normalized spacial score (nSPS) is 16.5. The van der Waals surface area contributed by atoms with Crippen LogP contribution in [0.4, 0.5) is 24.5 Å². The molecule has 1 N–H and O–H groups in total. The van der Waals surface area contributed by atoms with E-state index in [1.54, 1.807) is 48.5 Å². The minimum Gasteiger partial charge on any atom is -0.494 e. The fraction of sp³-hybridized carbons (Fsp3) is 0.323. The van der Waals surface area contributed by atoms with Crippen molar-refractivity contribution < 1.29 is 27.5 Å². The fourth-order valence-electron chi connectivity index (χ4n) is 4.21. The van der Waals surface area contributed by atoms with E-state index in [2.05, 4.69) is 17.2 Å². The maximum atomic E-state index is 13.3. The standard InChI is InChI=1S/C31H31ClF3N3O3S/c1-2-3-4-5-17-41-26-15-13-24(14-16-26)36-29(40)27-19-28(39)38(20-21-9-11-23(32)12-10-21)30(42-27)37-25-8-6-7-22(18-25)31(33,34)35/h6-16,18,27H,2-5,17,19-20H2,1H3,(H,36,40). The Kier molecular flexibility index (Phi) is 10.9. The van der Waals surface area contributed by atoms with E-state index < -0.39 is 22.9 Å². The molecule has 42 heavy (non-hydrogen) atoms. The lowest BCUT2D eigenvalue weighted by molar-refractivity contribution is -0.137. The SMILES string of the molecule is CCCCCCOc1ccc(NC(=O)C2CC(=O)N(Cc3ccc(Cl)cc3)C(=Nc3cccc(C(F)(F)F)c3)S2)cc1. The molecule has 0 saturated carbocycles. The molecule has 2 amide bonds. The summed E-state index contributed by atoms with van der Waals surface area (Å²) in [6, 6.07) is 18.4. The average molecular weight is 618 g/mol. The number of rotatable bonds is 11. The number of hydrogen-bond acceptors (Lipinski definition) is 5. The number of halogens is 4. The van der Waals surface area contributed by atoms with E-state index in [1.807, 2.05) is 0 Å². The molecular formula is C31H31ClF3N3O3S. The number of nitrogens with one attached hydrogen (secondary N) is 1. The second-order valence-corrected chi connectivity index (χ2v) is 11.4. The first kappa shape index (κ1) is 31.4. The Labute approximate surface area is 252 Å². The van der Waals surface area contributed by atoms with Crippen LogP contribution in [0, 0.1) is 0 Å². The molecule has 0 bridgehead atoms. The number of carbonyl (C=O) groups excluding carboxylic acids is 2. The van der Waals surface area contributed by atoms with Crippen LogP contribution in [0.3, 0.4) is 0 Å². The van der Waals surface area contributed by atoms with Crippen LogP contribution >= 0.6 is 23.4 Å². The Hall–Kier alpha value is -3.50. The van der Waals surface area contributed by atoms with E-state index in [9.17, 15) is 22.8 Å². The molecule has 4 rings (SSSR count). The maximum Gasteiger partial charge on any atom is 0.416 e. The number of amidine groups is 1. The smallest absolute Gasteiger partial charge is 0.416 e. The lowest BCUT2D eigenvalue weighted by Crippen LogP contribution is -2.44. The molecule has 0 spiro atoms. The monoisotopic (exact) mass is 617 g/mol. The first-order valence-corrected chi connectivity index (χ1v) is 14.9. The van der Waals surface area contributed by atoms with Crippen molar-refractivity contribution in [3.8, 4) is 5.75 Å². The molecule has 1 aliphatic rings. The highest BCUT2D eigenvalue weighted by Crippen LogP contribution is 2.34. The summed E-state index contributed by atoms with van der Waals surface area (Å²) in [6.07, 6.45) is -0.256. The zero-order valence-electron chi connectivity index (χ0n) is 23.0. The van der Waals surface area contributed by atoms with Gasteiger partial charge in [0.1, 0.15) is 11.0 Å². The molecule has 0 aromatic heterocycles. The van der Waals surface area contributed by atoms with Crippen LogP contribution in [-0.4, -0.2) is 33.7 Å². The summed E-state index contributed by atoms with van der Waals surface area (Å²) in [6.45, 7) is 2.89. The minimum absolute atomic E-state index is 0.0209. The third kappa shape index (κ3) is 9.00. The third-order valence-electron chi connectivity index (χ3n) is 6.47. The summed E-state index contributed by atoms with van der Waals surface area (Å²) in [5, 5.41) is 2.65. The zero-order chi connectivity index (χ0) is 30.1. The van der Waals surface area contributed by atoms with E-state index in [4.69, 9.17) is 16.3 Å². The van der Waals surface area contributed by atoms with Gasteiger partial charge in [-0.3, -0.25) is 14.5 Å². The number of amides is 2. The topological polar surface area (TPSA) is 71.0 Å². The van der Waals surface area contributed by atoms with Crippen LogP contribution in [0.1, 0.15) is 50.2 Å². The summed E-state index contributed by atoms with van der Waals surface area (Å²) in [5.41, 5.74) is 0.447. The predicted molar refractivity (Wildman–Crippen MR) is 161 cm³/mol. The van der Waals surface area contributed by atoms with Crippen molar-refractivity contribution in [3.63, 3.8) is 0 Å². The van der Waals surface area contributed by atoms with Crippen LogP contribution in [0.5, 0.6) is 5.75 Å². The Morgan fingerprint density at radius 3 is 2.50 bits per heavy atom. The molecule has 11 heteroatoms. The predicted octanol–water partition coefficient (Wildman–Crippen LogP) is 8.48. The first-order chi connectivity index (χ1) is 20.1. The van der Waals surface area contributed by atoms with Crippen LogP contribution < -0.4 is 10.1 Å². The van der Waals surface area contributed by atoms with E-state index in [1.165, 1.54) is 23.5 Å². The van der Waals surface area contributed by atoms with Crippen LogP contribution in [0.25, 0.3) is 0 Å². The number of aliphatic imine (C=N–C) groups is 1. The number of alkyl halides is 3. The number of ether oxygens (including phenoxy) is 1. The Bertz CT molecular complexity index is 1400. The van der Waals surface area contributed by atoms with Crippen LogP contribution in [-0.2, 0) is 22.3 Å². The Balaban J connectivity index is 1.50. The lowest BCUT2D eigenvalue weighted by Gasteiger charge is -2.32. The molecule has 3 aromatic rings. The number of anilines is 1. The molecule has 6 nitrogen and oxygen atoms in total. The molecule has 1 aliphatic heterocycles. The summed E-state index contributed by atoms with van der Waals surface area (Å²) in [7, 11) is 0. The van der Waals surface area contributed by atoms with Crippen molar-refractivity contribution in [3.05, 3.63) is 88.9 Å². The van der Waals surface area contributed by atoms with Crippen molar-refractivity contribution >= 4 is 51.7 Å². The van der Waals surface area contributed by atoms with E-state index in [0.717, 1.165) is 48.7 Å². The molecular weight excluding hydrogens is 587 g/mol. The van der Waals surface area contributed by atoms with Crippen molar-refractivity contribution in [2.45, 2.75) is 57.0 Å². The third-order valence-corrected chi connectivity index (χ3v) is 7.91. The highest BCUT2D eigenvalue weighted by molar-refractivity contribution is 8.15. The van der Waals surface area contributed by atoms with Crippen molar-refractivity contribution in [2.75, 3.05) is 11.9 Å². The Morgan fingerprint density at radius 1 is 1.07 bits per heavy atom. The zero-order valence-corrected chi connectivity index (χ0v) is 24.6.